The Kier molecular flexibility index (Phi) is 6.62. The summed E-state index contributed by atoms with van der Waals surface area (Å²) in [5, 5.41) is 0. The lowest BCUT2D eigenvalue weighted by Gasteiger charge is -2.36. The highest BCUT2D eigenvalue weighted by molar-refractivity contribution is 5.95. The fourth-order valence-corrected chi connectivity index (χ4v) is 4.79. The smallest absolute Gasteiger partial charge is 0.255 e. The van der Waals surface area contributed by atoms with Gasteiger partial charge in [0.15, 0.2) is 0 Å². The van der Waals surface area contributed by atoms with E-state index in [1.165, 1.54) is 11.4 Å². The second kappa shape index (κ2) is 9.56. The van der Waals surface area contributed by atoms with Crippen LogP contribution in [-0.2, 0) is 13.0 Å². The van der Waals surface area contributed by atoms with Gasteiger partial charge in [-0.25, -0.2) is 0 Å². The molecule has 2 aliphatic heterocycles. The average molecular weight is 411 g/mol. The van der Waals surface area contributed by atoms with E-state index in [4.69, 9.17) is 4.74 Å². The predicted octanol–water partition coefficient (Wildman–Crippen LogP) is 3.12. The van der Waals surface area contributed by atoms with Crippen molar-refractivity contribution in [2.75, 3.05) is 57.8 Å². The Morgan fingerprint density at radius 3 is 2.57 bits per heavy atom. The molecule has 0 N–H and O–H groups in total. The highest BCUT2D eigenvalue weighted by Crippen LogP contribution is 2.28. The third-order valence-electron chi connectivity index (χ3n) is 6.48. The lowest BCUT2D eigenvalue weighted by Crippen LogP contribution is -2.47. The monoisotopic (exact) mass is 410 g/mol. The van der Waals surface area contributed by atoms with Crippen molar-refractivity contribution < 1.29 is 9.53 Å². The summed E-state index contributed by atoms with van der Waals surface area (Å²) < 4.78 is 7.74. The standard InChI is InChI=1S/C24H34N4O2/c1-3-26-15-11-20-21(26)9-6-13-28(24(20)29)14-7-12-25-16-18-27(19-17-25)22-8-4-5-10-23(22)30-2/h4-5,8,10-11,15H,3,6-7,9,12-14,16-19H2,1-2H3. The molecule has 0 bridgehead atoms. The van der Waals surface area contributed by atoms with Crippen molar-refractivity contribution in [1.29, 1.82) is 0 Å². The van der Waals surface area contributed by atoms with Crippen LogP contribution in [0, 0.1) is 0 Å². The van der Waals surface area contributed by atoms with Crippen LogP contribution in [0.5, 0.6) is 5.75 Å². The van der Waals surface area contributed by atoms with Crippen LogP contribution in [0.25, 0.3) is 0 Å². The molecule has 4 rings (SSSR count). The van der Waals surface area contributed by atoms with Gasteiger partial charge in [-0.05, 0) is 50.9 Å². The number of rotatable bonds is 7. The first kappa shape index (κ1) is 20.8. The van der Waals surface area contributed by atoms with Crippen molar-refractivity contribution in [3.8, 4) is 5.75 Å². The van der Waals surface area contributed by atoms with Gasteiger partial charge in [-0.1, -0.05) is 12.1 Å². The Bertz CT molecular complexity index is 855. The second-order valence-electron chi connectivity index (χ2n) is 8.21. The summed E-state index contributed by atoms with van der Waals surface area (Å²) in [6.45, 7) is 9.97. The number of carbonyl (C=O) groups excluding carboxylic acids is 1. The largest absolute Gasteiger partial charge is 0.495 e. The van der Waals surface area contributed by atoms with E-state index in [9.17, 15) is 4.79 Å². The number of amides is 1. The quantitative estimate of drug-likeness (QED) is 0.703. The number of para-hydroxylation sites is 2. The fraction of sp³-hybridized carbons (Fsp3) is 0.542. The third kappa shape index (κ3) is 4.33. The van der Waals surface area contributed by atoms with Crippen LogP contribution >= 0.6 is 0 Å². The molecule has 162 valence electrons. The van der Waals surface area contributed by atoms with E-state index < -0.39 is 0 Å². The number of fused-ring (bicyclic) bond motifs is 1. The molecule has 6 heteroatoms. The molecule has 6 nitrogen and oxygen atoms in total. The van der Waals surface area contributed by atoms with E-state index in [-0.39, 0.29) is 5.91 Å². The van der Waals surface area contributed by atoms with Gasteiger partial charge in [-0.3, -0.25) is 9.69 Å². The highest BCUT2D eigenvalue weighted by atomic mass is 16.5. The van der Waals surface area contributed by atoms with Crippen LogP contribution in [0.3, 0.4) is 0 Å². The van der Waals surface area contributed by atoms with Gasteiger partial charge in [0, 0.05) is 57.7 Å². The Labute approximate surface area is 180 Å². The molecule has 0 saturated carbocycles. The normalized spacial score (nSPS) is 17.7. The van der Waals surface area contributed by atoms with Gasteiger partial charge in [0.1, 0.15) is 5.75 Å². The van der Waals surface area contributed by atoms with Gasteiger partial charge >= 0.3 is 0 Å². The summed E-state index contributed by atoms with van der Waals surface area (Å²) in [5.74, 6) is 1.16. The lowest BCUT2D eigenvalue weighted by molar-refractivity contribution is 0.0753. The van der Waals surface area contributed by atoms with E-state index in [1.54, 1.807) is 7.11 Å². The van der Waals surface area contributed by atoms with Crippen LogP contribution in [-0.4, -0.2) is 73.2 Å². The predicted molar refractivity (Wildman–Crippen MR) is 121 cm³/mol. The summed E-state index contributed by atoms with van der Waals surface area (Å²) in [6.07, 6.45) is 5.15. The number of aromatic nitrogens is 1. The molecule has 1 aromatic heterocycles. The molecule has 0 unspecified atom stereocenters. The Morgan fingerprint density at radius 2 is 1.80 bits per heavy atom. The van der Waals surface area contributed by atoms with Gasteiger partial charge in [-0.2, -0.15) is 0 Å². The van der Waals surface area contributed by atoms with Gasteiger partial charge in [0.25, 0.3) is 5.91 Å². The number of nitrogens with zero attached hydrogens (tertiary/aromatic N) is 4. The number of hydrogen-bond acceptors (Lipinski definition) is 4. The Hall–Kier alpha value is -2.47. The van der Waals surface area contributed by atoms with Crippen molar-refractivity contribution in [3.05, 3.63) is 47.8 Å². The third-order valence-corrected chi connectivity index (χ3v) is 6.48. The zero-order valence-corrected chi connectivity index (χ0v) is 18.3. The minimum absolute atomic E-state index is 0.218. The lowest BCUT2D eigenvalue weighted by atomic mass is 10.2. The summed E-state index contributed by atoms with van der Waals surface area (Å²) in [7, 11) is 1.74. The molecule has 0 atom stereocenters. The topological polar surface area (TPSA) is 41.0 Å². The molecule has 2 aliphatic rings. The van der Waals surface area contributed by atoms with Crippen molar-refractivity contribution >= 4 is 11.6 Å². The van der Waals surface area contributed by atoms with Crippen LogP contribution in [0.15, 0.2) is 36.5 Å². The maximum absolute atomic E-state index is 13.0. The van der Waals surface area contributed by atoms with Gasteiger partial charge in [-0.15, -0.1) is 0 Å². The minimum atomic E-state index is 0.218. The molecule has 1 aromatic carbocycles. The van der Waals surface area contributed by atoms with E-state index in [2.05, 4.69) is 44.5 Å². The van der Waals surface area contributed by atoms with Crippen molar-refractivity contribution in [1.82, 2.24) is 14.4 Å². The average Bonchev–Trinajstić information content (AvgIpc) is 3.14. The first-order chi connectivity index (χ1) is 14.7. The summed E-state index contributed by atoms with van der Waals surface area (Å²) in [5.41, 5.74) is 3.32. The Balaban J connectivity index is 1.26. The van der Waals surface area contributed by atoms with Crippen LogP contribution in [0.1, 0.15) is 35.8 Å². The number of methoxy groups -OCH3 is 1. The number of carbonyl (C=O) groups is 1. The van der Waals surface area contributed by atoms with Crippen LogP contribution in [0.4, 0.5) is 5.69 Å². The van der Waals surface area contributed by atoms with Gasteiger partial charge in [0.05, 0.1) is 18.4 Å². The molecule has 2 aromatic rings. The number of hydrogen-bond donors (Lipinski definition) is 0. The maximum Gasteiger partial charge on any atom is 0.255 e. The van der Waals surface area contributed by atoms with E-state index in [0.29, 0.717) is 0 Å². The summed E-state index contributed by atoms with van der Waals surface area (Å²) in [4.78, 5) is 20.0. The van der Waals surface area contributed by atoms with Gasteiger partial charge < -0.3 is 19.1 Å². The summed E-state index contributed by atoms with van der Waals surface area (Å²) in [6, 6.07) is 10.3. The van der Waals surface area contributed by atoms with E-state index >= 15 is 0 Å². The molecule has 1 saturated heterocycles. The van der Waals surface area contributed by atoms with Crippen LogP contribution < -0.4 is 9.64 Å². The molecular formula is C24H34N4O2. The number of ether oxygens (including phenoxy) is 1. The van der Waals surface area contributed by atoms with E-state index in [1.807, 2.05) is 18.2 Å². The zero-order chi connectivity index (χ0) is 20.9. The molecule has 3 heterocycles. The molecule has 0 aliphatic carbocycles. The van der Waals surface area contributed by atoms with Crippen molar-refractivity contribution in [3.63, 3.8) is 0 Å². The van der Waals surface area contributed by atoms with Crippen LogP contribution in [0.2, 0.25) is 0 Å². The van der Waals surface area contributed by atoms with Crippen molar-refractivity contribution in [2.45, 2.75) is 32.7 Å². The number of aryl methyl sites for hydroxylation is 1. The van der Waals surface area contributed by atoms with Gasteiger partial charge in [0.2, 0.25) is 0 Å². The molecule has 0 radical (unpaired) electrons. The first-order valence-electron chi connectivity index (χ1n) is 11.3. The molecule has 0 spiro atoms. The highest BCUT2D eigenvalue weighted by Gasteiger charge is 2.25. The maximum atomic E-state index is 13.0. The number of anilines is 1. The Morgan fingerprint density at radius 1 is 1.00 bits per heavy atom. The van der Waals surface area contributed by atoms with E-state index in [0.717, 1.165) is 82.9 Å². The van der Waals surface area contributed by atoms with Crippen molar-refractivity contribution in [2.24, 2.45) is 0 Å². The first-order valence-corrected chi connectivity index (χ1v) is 11.3. The molecule has 30 heavy (non-hydrogen) atoms. The molecule has 1 fully saturated rings. The molecular weight excluding hydrogens is 376 g/mol. The SMILES string of the molecule is CCn1ccc2c1CCCN(CCCN1CCN(c3ccccc3OC)CC1)C2=O. The summed E-state index contributed by atoms with van der Waals surface area (Å²) >= 11 is 0. The minimum Gasteiger partial charge on any atom is -0.495 e. The zero-order valence-electron chi connectivity index (χ0n) is 18.3. The molecule has 1 amide bonds. The number of benzene rings is 1. The number of piperazine rings is 1. The fourth-order valence-electron chi connectivity index (χ4n) is 4.79. The second-order valence-corrected chi connectivity index (χ2v) is 8.21.